The van der Waals surface area contributed by atoms with Crippen LogP contribution in [0.15, 0.2) is 0 Å². The molecule has 0 bridgehead atoms. The van der Waals surface area contributed by atoms with Crippen LogP contribution in [0.5, 0.6) is 0 Å². The van der Waals surface area contributed by atoms with Crippen molar-refractivity contribution in [1.82, 2.24) is 15.5 Å². The molecule has 13 nitrogen and oxygen atoms in total. The molecule has 0 aromatic rings. The van der Waals surface area contributed by atoms with E-state index in [0.717, 1.165) is 6.29 Å². The van der Waals surface area contributed by atoms with Gasteiger partial charge in [-0.3, -0.25) is 24.1 Å². The van der Waals surface area contributed by atoms with Gasteiger partial charge in [0, 0.05) is 44.5 Å². The Morgan fingerprint density at radius 2 is 1.57 bits per heavy atom. The molecule has 2 unspecified atom stereocenters. The van der Waals surface area contributed by atoms with Gasteiger partial charge in [-0.1, -0.05) is 0 Å². The van der Waals surface area contributed by atoms with Crippen molar-refractivity contribution >= 4 is 47.5 Å². The van der Waals surface area contributed by atoms with Crippen LogP contribution in [0, 0.1) is 0 Å². The van der Waals surface area contributed by atoms with Crippen molar-refractivity contribution in [2.75, 3.05) is 71.7 Å². The number of rotatable bonds is 25. The lowest BCUT2D eigenvalue weighted by Gasteiger charge is -2.18. The predicted molar refractivity (Wildman–Crippen MR) is 147 cm³/mol. The van der Waals surface area contributed by atoms with Crippen LogP contribution in [-0.4, -0.2) is 124 Å². The SMILES string of the molecule is CCN1C(=O)CC(SCCC(=O)NC(CCC(C)=O)C(=O)NCCOCCOCCOCCOCCC=O)C1=O. The second-order valence-corrected chi connectivity index (χ2v) is 10.2. The smallest absolute Gasteiger partial charge is 0.242 e. The predicted octanol–water partition coefficient (Wildman–Crippen LogP) is -0.117. The fraction of sp³-hybridized carbons (Fsp3) is 0.769. The summed E-state index contributed by atoms with van der Waals surface area (Å²) in [7, 11) is 0. The summed E-state index contributed by atoms with van der Waals surface area (Å²) in [6, 6.07) is -0.870. The van der Waals surface area contributed by atoms with E-state index < -0.39 is 17.2 Å². The summed E-state index contributed by atoms with van der Waals surface area (Å²) in [6.07, 6.45) is 1.69. The third-order valence-electron chi connectivity index (χ3n) is 5.65. The lowest BCUT2D eigenvalue weighted by atomic mass is 10.1. The molecule has 14 heteroatoms. The van der Waals surface area contributed by atoms with Crippen LogP contribution in [0.4, 0.5) is 0 Å². The van der Waals surface area contributed by atoms with Crippen molar-refractivity contribution in [2.45, 2.75) is 57.2 Å². The number of nitrogens with one attached hydrogen (secondary N) is 2. The summed E-state index contributed by atoms with van der Waals surface area (Å²) < 4.78 is 21.3. The van der Waals surface area contributed by atoms with Crippen LogP contribution < -0.4 is 10.6 Å². The Hall–Kier alpha value is -2.39. The fourth-order valence-corrected chi connectivity index (χ4v) is 4.67. The number of thioether (sulfide) groups is 1. The summed E-state index contributed by atoms with van der Waals surface area (Å²) in [5.41, 5.74) is 0. The molecule has 2 N–H and O–H groups in total. The van der Waals surface area contributed by atoms with E-state index in [0.29, 0.717) is 65.0 Å². The van der Waals surface area contributed by atoms with Crippen molar-refractivity contribution in [1.29, 1.82) is 0 Å². The van der Waals surface area contributed by atoms with Crippen LogP contribution in [-0.2, 0) is 47.7 Å². The van der Waals surface area contributed by atoms with Crippen molar-refractivity contribution < 1.29 is 47.7 Å². The highest BCUT2D eigenvalue weighted by Gasteiger charge is 2.37. The molecule has 0 spiro atoms. The van der Waals surface area contributed by atoms with Crippen molar-refractivity contribution in [3.63, 3.8) is 0 Å². The Kier molecular flexibility index (Phi) is 19.9. The first-order valence-corrected chi connectivity index (χ1v) is 14.6. The molecule has 0 saturated carbocycles. The molecule has 228 valence electrons. The number of likely N-dealkylation sites (tertiary alicyclic amines) is 1. The number of nitrogens with zero attached hydrogens (tertiary/aromatic N) is 1. The Bertz CT molecular complexity index is 814. The first-order valence-electron chi connectivity index (χ1n) is 13.6. The van der Waals surface area contributed by atoms with E-state index in [4.69, 9.17) is 18.9 Å². The lowest BCUT2D eigenvalue weighted by Crippen LogP contribution is -2.47. The third kappa shape index (κ3) is 16.0. The molecular formula is C26H43N3O10S. The van der Waals surface area contributed by atoms with E-state index >= 15 is 0 Å². The van der Waals surface area contributed by atoms with Gasteiger partial charge in [-0.25, -0.2) is 0 Å². The van der Waals surface area contributed by atoms with Crippen LogP contribution in [0.3, 0.4) is 0 Å². The van der Waals surface area contributed by atoms with E-state index in [9.17, 15) is 28.8 Å². The second-order valence-electron chi connectivity index (χ2n) is 8.85. The minimum absolute atomic E-state index is 0.0714. The first-order chi connectivity index (χ1) is 19.3. The molecule has 0 aliphatic carbocycles. The first kappa shape index (κ1) is 35.6. The Labute approximate surface area is 239 Å². The van der Waals surface area contributed by atoms with Gasteiger partial charge < -0.3 is 39.2 Å². The van der Waals surface area contributed by atoms with Crippen LogP contribution in [0.25, 0.3) is 0 Å². The Morgan fingerprint density at radius 1 is 0.975 bits per heavy atom. The van der Waals surface area contributed by atoms with Crippen molar-refractivity contribution in [2.24, 2.45) is 0 Å². The maximum Gasteiger partial charge on any atom is 0.242 e. The number of aldehydes is 1. The van der Waals surface area contributed by atoms with Crippen LogP contribution in [0.2, 0.25) is 0 Å². The quantitative estimate of drug-likeness (QED) is 0.0828. The second kappa shape index (κ2) is 22.3. The Balaban J connectivity index is 2.19. The number of amides is 4. The monoisotopic (exact) mass is 589 g/mol. The number of ether oxygens (including phenoxy) is 4. The number of imide groups is 1. The molecule has 2 atom stereocenters. The third-order valence-corrected chi connectivity index (χ3v) is 6.86. The number of ketones is 1. The van der Waals surface area contributed by atoms with Crippen LogP contribution >= 0.6 is 11.8 Å². The summed E-state index contributed by atoms with van der Waals surface area (Å²) in [4.78, 5) is 71.9. The lowest BCUT2D eigenvalue weighted by molar-refractivity contribution is -0.138. The average Bonchev–Trinajstić information content (AvgIpc) is 3.20. The van der Waals surface area contributed by atoms with Gasteiger partial charge in [0.2, 0.25) is 23.6 Å². The van der Waals surface area contributed by atoms with E-state index in [1.807, 2.05) is 0 Å². The number of hydrogen-bond donors (Lipinski definition) is 2. The van der Waals surface area contributed by atoms with E-state index in [2.05, 4.69) is 10.6 Å². The topological polar surface area (TPSA) is 167 Å². The zero-order valence-corrected chi connectivity index (χ0v) is 24.3. The maximum absolute atomic E-state index is 12.6. The summed E-state index contributed by atoms with van der Waals surface area (Å²) in [5, 5.41) is 4.89. The fourth-order valence-electron chi connectivity index (χ4n) is 3.55. The van der Waals surface area contributed by atoms with E-state index in [-0.39, 0.29) is 62.3 Å². The van der Waals surface area contributed by atoms with Gasteiger partial charge in [0.25, 0.3) is 0 Å². The molecule has 1 fully saturated rings. The maximum atomic E-state index is 12.6. The van der Waals surface area contributed by atoms with Gasteiger partial charge in [0.05, 0.1) is 58.1 Å². The molecular weight excluding hydrogens is 546 g/mol. The number of hydrogen-bond acceptors (Lipinski definition) is 11. The molecule has 0 aromatic heterocycles. The van der Waals surface area contributed by atoms with Gasteiger partial charge in [0.1, 0.15) is 18.1 Å². The minimum atomic E-state index is -0.870. The highest BCUT2D eigenvalue weighted by atomic mass is 32.2. The summed E-state index contributed by atoms with van der Waals surface area (Å²) in [5.74, 6) is -0.989. The van der Waals surface area contributed by atoms with Crippen LogP contribution in [0.1, 0.15) is 46.0 Å². The molecule has 40 heavy (non-hydrogen) atoms. The van der Waals surface area contributed by atoms with Gasteiger partial charge in [-0.15, -0.1) is 11.8 Å². The molecule has 4 amide bonds. The van der Waals surface area contributed by atoms with Gasteiger partial charge >= 0.3 is 0 Å². The standard InChI is InChI=1S/C26H43N3O10S/c1-3-29-24(33)19-22(26(29)35)40-18-7-23(32)28-21(6-5-20(2)31)25(34)27-8-11-37-13-15-39-17-16-38-14-12-36-10-4-9-30/h9,21-22H,3-8,10-19H2,1-2H3,(H,27,34)(H,28,32). The van der Waals surface area contributed by atoms with Gasteiger partial charge in [-0.2, -0.15) is 0 Å². The molecule has 1 saturated heterocycles. The zero-order valence-electron chi connectivity index (χ0n) is 23.5. The molecule has 1 rings (SSSR count). The van der Waals surface area contributed by atoms with Crippen molar-refractivity contribution in [3.8, 4) is 0 Å². The van der Waals surface area contributed by atoms with E-state index in [1.165, 1.54) is 23.6 Å². The number of Topliss-reactive ketones (excluding diaryl/α,β-unsaturated/α-hetero) is 1. The van der Waals surface area contributed by atoms with Gasteiger partial charge in [0.15, 0.2) is 0 Å². The zero-order chi connectivity index (χ0) is 29.6. The number of carbonyl (C=O) groups is 6. The highest BCUT2D eigenvalue weighted by Crippen LogP contribution is 2.25. The number of carbonyl (C=O) groups excluding carboxylic acids is 6. The molecule has 1 aliphatic rings. The van der Waals surface area contributed by atoms with Gasteiger partial charge in [-0.05, 0) is 20.3 Å². The largest absolute Gasteiger partial charge is 0.379 e. The van der Waals surface area contributed by atoms with E-state index in [1.54, 1.807) is 6.92 Å². The van der Waals surface area contributed by atoms with Crippen molar-refractivity contribution in [3.05, 3.63) is 0 Å². The molecule has 0 radical (unpaired) electrons. The highest BCUT2D eigenvalue weighted by molar-refractivity contribution is 8.00. The molecule has 1 heterocycles. The normalized spacial score (nSPS) is 15.8. The Morgan fingerprint density at radius 3 is 2.12 bits per heavy atom. The molecule has 0 aromatic carbocycles. The minimum Gasteiger partial charge on any atom is -0.379 e. The molecule has 1 aliphatic heterocycles. The summed E-state index contributed by atoms with van der Waals surface area (Å²) in [6.45, 7) is 6.70. The average molecular weight is 590 g/mol. The summed E-state index contributed by atoms with van der Waals surface area (Å²) >= 11 is 1.25.